The molecule has 1 heterocycles. The van der Waals surface area contributed by atoms with Gasteiger partial charge >= 0.3 is 6.18 Å². The Morgan fingerprint density at radius 3 is 2.25 bits per heavy atom. The molecule has 0 aliphatic heterocycles. The smallest absolute Gasteiger partial charge is 0.338 e. The van der Waals surface area contributed by atoms with E-state index in [0.717, 1.165) is 13.8 Å². The van der Waals surface area contributed by atoms with E-state index in [1.165, 1.54) is 36.4 Å². The largest absolute Gasteiger partial charge is 0.410 e. The second kappa shape index (κ2) is 6.51. The lowest BCUT2D eigenvalue weighted by Crippen LogP contribution is -2.54. The first kappa shape index (κ1) is 18.4. The fourth-order valence-corrected chi connectivity index (χ4v) is 2.26. The molecule has 0 radical (unpaired) electrons. The van der Waals surface area contributed by atoms with Gasteiger partial charge in [-0.05, 0) is 66.2 Å². The van der Waals surface area contributed by atoms with Crippen LogP contribution in [0, 0.1) is 5.82 Å². The van der Waals surface area contributed by atoms with Crippen LogP contribution in [0.25, 0.3) is 11.3 Å². The average Bonchev–Trinajstić information content (AvgIpc) is 2.45. The highest BCUT2D eigenvalue weighted by atomic mass is 79.9. The minimum Gasteiger partial charge on any atom is -0.338 e. The number of nitrogens with zero attached hydrogens (tertiary/aromatic N) is 1. The fraction of sp³-hybridized carbons (Fsp3) is 0.250. The number of alkyl halides is 3. The number of rotatable bonds is 3. The van der Waals surface area contributed by atoms with Crippen LogP contribution in [0.3, 0.4) is 0 Å². The quantitative estimate of drug-likeness (QED) is 0.593. The van der Waals surface area contributed by atoms with Crippen molar-refractivity contribution in [2.45, 2.75) is 25.6 Å². The number of hydrogen-bond acceptors (Lipinski definition) is 2. The molecule has 0 bridgehead atoms. The van der Waals surface area contributed by atoms with Gasteiger partial charge in [0.15, 0.2) is 0 Å². The molecule has 2 rings (SSSR count). The van der Waals surface area contributed by atoms with Crippen molar-refractivity contribution in [2.75, 3.05) is 0 Å². The molecule has 3 nitrogen and oxygen atoms in total. The number of hydrogen-bond donors (Lipinski definition) is 1. The first-order valence-corrected chi connectivity index (χ1v) is 7.62. The summed E-state index contributed by atoms with van der Waals surface area (Å²) in [6.45, 7) is 1.75. The third-order valence-electron chi connectivity index (χ3n) is 3.33. The van der Waals surface area contributed by atoms with E-state index in [9.17, 15) is 22.4 Å². The van der Waals surface area contributed by atoms with E-state index < -0.39 is 23.4 Å². The number of carbonyl (C=O) groups excluding carboxylic acids is 1. The molecule has 0 aliphatic rings. The molecule has 1 N–H and O–H groups in total. The van der Waals surface area contributed by atoms with Gasteiger partial charge in [0.05, 0.1) is 5.69 Å². The number of amides is 1. The van der Waals surface area contributed by atoms with Crippen LogP contribution in [0.15, 0.2) is 41.0 Å². The molecule has 1 aromatic heterocycles. The summed E-state index contributed by atoms with van der Waals surface area (Å²) in [6, 6.07) is 8.04. The van der Waals surface area contributed by atoms with E-state index in [2.05, 4.69) is 20.9 Å². The Labute approximate surface area is 144 Å². The Bertz CT molecular complexity index is 758. The van der Waals surface area contributed by atoms with Crippen LogP contribution in [0.4, 0.5) is 17.6 Å². The molecule has 0 atom stereocenters. The molecule has 0 aliphatic carbocycles. The van der Waals surface area contributed by atoms with E-state index in [-0.39, 0.29) is 10.2 Å². The lowest BCUT2D eigenvalue weighted by Gasteiger charge is -2.28. The Hall–Kier alpha value is -1.96. The van der Waals surface area contributed by atoms with Crippen molar-refractivity contribution in [1.82, 2.24) is 10.3 Å². The zero-order valence-electron chi connectivity index (χ0n) is 12.7. The van der Waals surface area contributed by atoms with Crippen LogP contribution in [-0.2, 0) is 0 Å². The van der Waals surface area contributed by atoms with Gasteiger partial charge in [-0.2, -0.15) is 13.2 Å². The van der Waals surface area contributed by atoms with Crippen LogP contribution >= 0.6 is 15.9 Å². The topological polar surface area (TPSA) is 42.0 Å². The summed E-state index contributed by atoms with van der Waals surface area (Å²) in [4.78, 5) is 16.3. The van der Waals surface area contributed by atoms with Crippen molar-refractivity contribution in [3.05, 3.63) is 52.4 Å². The highest BCUT2D eigenvalue weighted by Crippen LogP contribution is 2.30. The van der Waals surface area contributed by atoms with E-state index in [0.29, 0.717) is 11.3 Å². The summed E-state index contributed by atoms with van der Waals surface area (Å²) in [7, 11) is 0. The first-order valence-electron chi connectivity index (χ1n) is 6.82. The number of nitrogens with one attached hydrogen (secondary N) is 1. The maximum absolute atomic E-state index is 13.0. The molecule has 128 valence electrons. The van der Waals surface area contributed by atoms with E-state index in [1.807, 2.05) is 5.32 Å². The molecule has 0 saturated carbocycles. The lowest BCUT2D eigenvalue weighted by atomic mass is 10.0. The summed E-state index contributed by atoms with van der Waals surface area (Å²) in [5.74, 6) is -1.32. The summed E-state index contributed by atoms with van der Waals surface area (Å²) in [6.07, 6.45) is -4.59. The normalized spacial score (nSPS) is 12.1. The standard InChI is InChI=1S/C16H13BrF4N2O/c1-15(2,16(19,20)21)23-14(24)10-7-12(22-13(17)8-10)9-3-5-11(18)6-4-9/h3-8H,1-2H3,(H,23,24). The molecule has 1 amide bonds. The predicted molar refractivity (Wildman–Crippen MR) is 84.9 cm³/mol. The van der Waals surface area contributed by atoms with Gasteiger partial charge in [-0.3, -0.25) is 4.79 Å². The molecule has 0 unspecified atom stereocenters. The predicted octanol–water partition coefficient (Wildman–Crippen LogP) is 4.72. The van der Waals surface area contributed by atoms with Crippen LogP contribution in [0.2, 0.25) is 0 Å². The maximum Gasteiger partial charge on any atom is 0.410 e. The highest BCUT2D eigenvalue weighted by Gasteiger charge is 2.48. The first-order chi connectivity index (χ1) is 11.0. The number of halogens is 5. The van der Waals surface area contributed by atoms with Gasteiger partial charge in [-0.1, -0.05) is 0 Å². The van der Waals surface area contributed by atoms with Crippen molar-refractivity contribution >= 4 is 21.8 Å². The Balaban J connectivity index is 2.35. The zero-order chi connectivity index (χ0) is 18.1. The molecule has 24 heavy (non-hydrogen) atoms. The number of carbonyl (C=O) groups is 1. The molecule has 0 saturated heterocycles. The minimum atomic E-state index is -4.59. The summed E-state index contributed by atoms with van der Waals surface area (Å²) in [5, 5.41) is 1.95. The summed E-state index contributed by atoms with van der Waals surface area (Å²) in [5.41, 5.74) is -1.51. The van der Waals surface area contributed by atoms with Gasteiger partial charge in [-0.25, -0.2) is 9.37 Å². The Morgan fingerprint density at radius 2 is 1.71 bits per heavy atom. The van der Waals surface area contributed by atoms with Crippen molar-refractivity contribution < 1.29 is 22.4 Å². The van der Waals surface area contributed by atoms with Gasteiger partial charge in [-0.15, -0.1) is 0 Å². The highest BCUT2D eigenvalue weighted by molar-refractivity contribution is 9.10. The Kier molecular flexibility index (Phi) is 4.98. The maximum atomic E-state index is 13.0. The van der Waals surface area contributed by atoms with Gasteiger partial charge in [0.1, 0.15) is 16.0 Å². The number of pyridine rings is 1. The van der Waals surface area contributed by atoms with Gasteiger partial charge in [0, 0.05) is 11.1 Å². The molecular formula is C16H13BrF4N2O. The van der Waals surface area contributed by atoms with Crippen LogP contribution in [-0.4, -0.2) is 22.6 Å². The van der Waals surface area contributed by atoms with E-state index >= 15 is 0 Å². The van der Waals surface area contributed by atoms with Crippen molar-refractivity contribution in [2.24, 2.45) is 0 Å². The van der Waals surface area contributed by atoms with E-state index in [4.69, 9.17) is 0 Å². The minimum absolute atomic E-state index is 0.00789. The van der Waals surface area contributed by atoms with Crippen molar-refractivity contribution in [3.8, 4) is 11.3 Å². The number of aromatic nitrogens is 1. The third-order valence-corrected chi connectivity index (χ3v) is 3.74. The molecular weight excluding hydrogens is 392 g/mol. The van der Waals surface area contributed by atoms with Crippen LogP contribution in [0.1, 0.15) is 24.2 Å². The van der Waals surface area contributed by atoms with Gasteiger partial charge in [0.2, 0.25) is 0 Å². The monoisotopic (exact) mass is 404 g/mol. The average molecular weight is 405 g/mol. The summed E-state index contributed by atoms with van der Waals surface area (Å²) < 4.78 is 52.0. The molecule has 2 aromatic rings. The van der Waals surface area contributed by atoms with E-state index in [1.54, 1.807) is 0 Å². The molecule has 0 fully saturated rings. The molecule has 1 aromatic carbocycles. The third kappa shape index (κ3) is 4.11. The SMILES string of the molecule is CC(C)(NC(=O)c1cc(Br)nc(-c2ccc(F)cc2)c1)C(F)(F)F. The summed E-state index contributed by atoms with van der Waals surface area (Å²) >= 11 is 3.12. The Morgan fingerprint density at radius 1 is 1.12 bits per heavy atom. The lowest BCUT2D eigenvalue weighted by molar-refractivity contribution is -0.182. The van der Waals surface area contributed by atoms with Crippen molar-refractivity contribution in [3.63, 3.8) is 0 Å². The molecule has 0 spiro atoms. The number of benzene rings is 1. The second-order valence-electron chi connectivity index (χ2n) is 5.65. The second-order valence-corrected chi connectivity index (χ2v) is 6.46. The fourth-order valence-electron chi connectivity index (χ4n) is 1.82. The van der Waals surface area contributed by atoms with Crippen molar-refractivity contribution in [1.29, 1.82) is 0 Å². The van der Waals surface area contributed by atoms with Gasteiger partial charge < -0.3 is 5.32 Å². The van der Waals surface area contributed by atoms with Crippen LogP contribution < -0.4 is 5.32 Å². The zero-order valence-corrected chi connectivity index (χ0v) is 14.3. The molecule has 8 heteroatoms. The van der Waals surface area contributed by atoms with Gasteiger partial charge in [0.25, 0.3) is 5.91 Å². The van der Waals surface area contributed by atoms with Crippen LogP contribution in [0.5, 0.6) is 0 Å².